The van der Waals surface area contributed by atoms with E-state index >= 15 is 0 Å². The Balaban J connectivity index is 1.66. The summed E-state index contributed by atoms with van der Waals surface area (Å²) in [6, 6.07) is 0.569. The molecule has 0 spiro atoms. The van der Waals surface area contributed by atoms with Crippen LogP contribution in [0, 0.1) is 6.92 Å². The van der Waals surface area contributed by atoms with Crippen LogP contribution in [0.15, 0.2) is 4.52 Å². The van der Waals surface area contributed by atoms with Gasteiger partial charge >= 0.3 is 0 Å². The largest absolute Gasteiger partial charge is 0.378 e. The number of rotatable bonds is 6. The van der Waals surface area contributed by atoms with E-state index in [1.807, 2.05) is 6.92 Å². The molecule has 1 aliphatic rings. The van der Waals surface area contributed by atoms with Crippen molar-refractivity contribution in [2.24, 2.45) is 0 Å². The van der Waals surface area contributed by atoms with Gasteiger partial charge in [0.2, 0.25) is 5.89 Å². The summed E-state index contributed by atoms with van der Waals surface area (Å²) in [5.41, 5.74) is 0. The van der Waals surface area contributed by atoms with Crippen LogP contribution in [0.25, 0.3) is 0 Å². The van der Waals surface area contributed by atoms with E-state index in [9.17, 15) is 0 Å². The van der Waals surface area contributed by atoms with Crippen LogP contribution in [-0.2, 0) is 11.2 Å². The molecule has 2 atom stereocenters. The Hall–Kier alpha value is -0.940. The second-order valence-corrected chi connectivity index (χ2v) is 4.94. The Kier molecular flexibility index (Phi) is 5.13. The highest BCUT2D eigenvalue weighted by Gasteiger charge is 2.21. The molecule has 1 aliphatic heterocycles. The van der Waals surface area contributed by atoms with Gasteiger partial charge in [0.15, 0.2) is 5.82 Å². The molecule has 2 rings (SSSR count). The minimum Gasteiger partial charge on any atom is -0.378 e. The van der Waals surface area contributed by atoms with Gasteiger partial charge in [0.05, 0.1) is 6.10 Å². The topological polar surface area (TPSA) is 60.2 Å². The third-order valence-corrected chi connectivity index (χ3v) is 3.32. The number of aromatic nitrogens is 2. The van der Waals surface area contributed by atoms with Crippen molar-refractivity contribution in [1.82, 2.24) is 15.5 Å². The summed E-state index contributed by atoms with van der Waals surface area (Å²) in [5.74, 6) is 1.43. The SMILES string of the molecule is CCCC1CC(NCCc2nc(C)no2)CCO1. The Morgan fingerprint density at radius 1 is 1.44 bits per heavy atom. The highest BCUT2D eigenvalue weighted by atomic mass is 16.5. The van der Waals surface area contributed by atoms with Gasteiger partial charge < -0.3 is 14.6 Å². The van der Waals surface area contributed by atoms with Crippen LogP contribution in [0.1, 0.15) is 44.3 Å². The van der Waals surface area contributed by atoms with Gasteiger partial charge in [-0.3, -0.25) is 0 Å². The lowest BCUT2D eigenvalue weighted by atomic mass is 10.00. The van der Waals surface area contributed by atoms with Crippen LogP contribution in [0.2, 0.25) is 0 Å². The molecule has 2 unspecified atom stereocenters. The highest BCUT2D eigenvalue weighted by molar-refractivity contribution is 4.84. The van der Waals surface area contributed by atoms with Crippen molar-refractivity contribution in [3.8, 4) is 0 Å². The fraction of sp³-hybridized carbons (Fsp3) is 0.846. The molecule has 102 valence electrons. The Morgan fingerprint density at radius 2 is 2.33 bits per heavy atom. The molecule has 5 nitrogen and oxygen atoms in total. The van der Waals surface area contributed by atoms with E-state index in [0.717, 1.165) is 38.3 Å². The molecule has 1 saturated heterocycles. The number of hydrogen-bond donors (Lipinski definition) is 1. The number of nitrogens with one attached hydrogen (secondary N) is 1. The fourth-order valence-corrected chi connectivity index (χ4v) is 2.41. The molecule has 0 radical (unpaired) electrons. The zero-order valence-corrected chi connectivity index (χ0v) is 11.3. The Labute approximate surface area is 108 Å². The minimum atomic E-state index is 0.437. The summed E-state index contributed by atoms with van der Waals surface area (Å²) >= 11 is 0. The fourth-order valence-electron chi connectivity index (χ4n) is 2.41. The summed E-state index contributed by atoms with van der Waals surface area (Å²) < 4.78 is 10.8. The molecule has 0 bridgehead atoms. The maximum absolute atomic E-state index is 5.74. The second kappa shape index (κ2) is 6.85. The van der Waals surface area contributed by atoms with Gasteiger partial charge in [0, 0.05) is 25.6 Å². The standard InChI is InChI=1S/C13H23N3O2/c1-3-4-12-9-11(6-8-17-12)14-7-5-13-15-10(2)16-18-13/h11-12,14H,3-9H2,1-2H3. The number of aryl methyl sites for hydroxylation is 1. The lowest BCUT2D eigenvalue weighted by Crippen LogP contribution is -2.39. The first-order chi connectivity index (χ1) is 8.78. The lowest BCUT2D eigenvalue weighted by Gasteiger charge is -2.30. The van der Waals surface area contributed by atoms with Crippen LogP contribution >= 0.6 is 0 Å². The first-order valence-electron chi connectivity index (χ1n) is 6.92. The molecule has 0 aromatic carbocycles. The van der Waals surface area contributed by atoms with Crippen molar-refractivity contribution >= 4 is 0 Å². The van der Waals surface area contributed by atoms with Gasteiger partial charge in [0.1, 0.15) is 0 Å². The Morgan fingerprint density at radius 3 is 3.06 bits per heavy atom. The van der Waals surface area contributed by atoms with E-state index < -0.39 is 0 Å². The Bertz CT molecular complexity index is 352. The molecule has 0 amide bonds. The normalized spacial score (nSPS) is 24.3. The molecule has 2 heterocycles. The van der Waals surface area contributed by atoms with Crippen molar-refractivity contribution < 1.29 is 9.26 Å². The van der Waals surface area contributed by atoms with E-state index in [4.69, 9.17) is 9.26 Å². The van der Waals surface area contributed by atoms with Crippen LogP contribution in [-0.4, -0.2) is 35.4 Å². The van der Waals surface area contributed by atoms with Gasteiger partial charge in [-0.25, -0.2) is 0 Å². The predicted octanol–water partition coefficient (Wildman–Crippen LogP) is 1.86. The van der Waals surface area contributed by atoms with E-state index in [1.165, 1.54) is 12.8 Å². The molecule has 5 heteroatoms. The van der Waals surface area contributed by atoms with Crippen molar-refractivity contribution in [2.75, 3.05) is 13.2 Å². The van der Waals surface area contributed by atoms with Gasteiger partial charge in [-0.15, -0.1) is 0 Å². The summed E-state index contributed by atoms with van der Waals surface area (Å²) in [4.78, 5) is 4.20. The summed E-state index contributed by atoms with van der Waals surface area (Å²) in [7, 11) is 0. The van der Waals surface area contributed by atoms with Gasteiger partial charge in [-0.1, -0.05) is 18.5 Å². The smallest absolute Gasteiger partial charge is 0.227 e. The van der Waals surface area contributed by atoms with Crippen molar-refractivity contribution in [3.63, 3.8) is 0 Å². The third kappa shape index (κ3) is 4.07. The summed E-state index contributed by atoms with van der Waals surface area (Å²) in [6.45, 7) is 5.82. The number of nitrogens with zero attached hydrogens (tertiary/aromatic N) is 2. The van der Waals surface area contributed by atoms with E-state index in [1.54, 1.807) is 0 Å². The predicted molar refractivity (Wildman–Crippen MR) is 68.4 cm³/mol. The van der Waals surface area contributed by atoms with Crippen molar-refractivity contribution in [1.29, 1.82) is 0 Å². The number of hydrogen-bond acceptors (Lipinski definition) is 5. The monoisotopic (exact) mass is 253 g/mol. The molecule has 0 aliphatic carbocycles. The van der Waals surface area contributed by atoms with Crippen LogP contribution in [0.4, 0.5) is 0 Å². The van der Waals surface area contributed by atoms with E-state index in [2.05, 4.69) is 22.4 Å². The first kappa shape index (κ1) is 13.5. The molecular formula is C13H23N3O2. The highest BCUT2D eigenvalue weighted by Crippen LogP contribution is 2.17. The van der Waals surface area contributed by atoms with Crippen molar-refractivity contribution in [3.05, 3.63) is 11.7 Å². The van der Waals surface area contributed by atoms with E-state index in [-0.39, 0.29) is 0 Å². The molecule has 1 aromatic heterocycles. The minimum absolute atomic E-state index is 0.437. The van der Waals surface area contributed by atoms with Gasteiger partial charge in [-0.2, -0.15) is 4.98 Å². The van der Waals surface area contributed by atoms with Gasteiger partial charge in [0.25, 0.3) is 0 Å². The third-order valence-electron chi connectivity index (χ3n) is 3.32. The lowest BCUT2D eigenvalue weighted by molar-refractivity contribution is -0.00306. The maximum atomic E-state index is 5.74. The zero-order chi connectivity index (χ0) is 12.8. The summed E-state index contributed by atoms with van der Waals surface area (Å²) in [5, 5.41) is 7.34. The van der Waals surface area contributed by atoms with Crippen LogP contribution in [0.3, 0.4) is 0 Å². The molecule has 0 saturated carbocycles. The quantitative estimate of drug-likeness (QED) is 0.838. The van der Waals surface area contributed by atoms with Gasteiger partial charge in [-0.05, 0) is 26.2 Å². The zero-order valence-electron chi connectivity index (χ0n) is 11.3. The molecule has 1 N–H and O–H groups in total. The molecular weight excluding hydrogens is 230 g/mol. The molecule has 1 fully saturated rings. The maximum Gasteiger partial charge on any atom is 0.227 e. The molecule has 18 heavy (non-hydrogen) atoms. The summed E-state index contributed by atoms with van der Waals surface area (Å²) in [6.07, 6.45) is 5.82. The average Bonchev–Trinajstić information content (AvgIpc) is 2.76. The van der Waals surface area contributed by atoms with Crippen LogP contribution in [0.5, 0.6) is 0 Å². The first-order valence-corrected chi connectivity index (χ1v) is 6.92. The van der Waals surface area contributed by atoms with Crippen LogP contribution < -0.4 is 5.32 Å². The molecule has 1 aromatic rings. The van der Waals surface area contributed by atoms with E-state index in [0.29, 0.717) is 18.0 Å². The number of ether oxygens (including phenoxy) is 1. The average molecular weight is 253 g/mol. The van der Waals surface area contributed by atoms with Crippen molar-refractivity contribution in [2.45, 2.75) is 58.1 Å². The second-order valence-electron chi connectivity index (χ2n) is 4.94.